The lowest BCUT2D eigenvalue weighted by Gasteiger charge is -2.16. The van der Waals surface area contributed by atoms with Gasteiger partial charge in [-0.25, -0.2) is 4.39 Å². The summed E-state index contributed by atoms with van der Waals surface area (Å²) in [5.74, 6) is 0.350. The van der Waals surface area contributed by atoms with E-state index in [1.54, 1.807) is 25.3 Å². The molecule has 0 aliphatic heterocycles. The number of ether oxygens (including phenoxy) is 1. The van der Waals surface area contributed by atoms with Gasteiger partial charge in [-0.05, 0) is 35.4 Å². The van der Waals surface area contributed by atoms with E-state index in [-0.39, 0.29) is 5.82 Å². The minimum Gasteiger partial charge on any atom is -0.497 e. The van der Waals surface area contributed by atoms with Crippen LogP contribution in [0.4, 0.5) is 4.39 Å². The molecule has 2 rings (SSSR count). The molecule has 2 N–H and O–H groups in total. The van der Waals surface area contributed by atoms with Gasteiger partial charge in [0, 0.05) is 9.50 Å². The summed E-state index contributed by atoms with van der Waals surface area (Å²) in [5.41, 5.74) is 7.71. The smallest absolute Gasteiger partial charge is 0.124 e. The Morgan fingerprint density at radius 1 is 1.21 bits per heavy atom. The molecule has 0 radical (unpaired) electrons. The second-order valence-corrected chi connectivity index (χ2v) is 5.29. The van der Waals surface area contributed by atoms with E-state index in [0.717, 1.165) is 11.1 Å². The Morgan fingerprint density at radius 3 is 2.47 bits per heavy atom. The van der Waals surface area contributed by atoms with Gasteiger partial charge in [-0.3, -0.25) is 0 Å². The van der Waals surface area contributed by atoms with Crippen molar-refractivity contribution in [3.8, 4) is 5.75 Å². The van der Waals surface area contributed by atoms with Crippen molar-refractivity contribution in [3.63, 3.8) is 0 Å². The van der Waals surface area contributed by atoms with Gasteiger partial charge < -0.3 is 10.5 Å². The Kier molecular flexibility index (Phi) is 4.45. The molecule has 0 aliphatic rings. The number of halogens is 3. The third kappa shape index (κ3) is 3.08. The molecule has 5 heteroatoms. The first-order chi connectivity index (χ1) is 9.02. The van der Waals surface area contributed by atoms with Crippen LogP contribution in [0.5, 0.6) is 5.75 Å². The van der Waals surface area contributed by atoms with E-state index in [9.17, 15) is 4.39 Å². The molecule has 100 valence electrons. The molecule has 1 unspecified atom stereocenters. The van der Waals surface area contributed by atoms with Crippen molar-refractivity contribution in [2.45, 2.75) is 6.04 Å². The molecule has 0 aromatic heterocycles. The molecule has 0 saturated heterocycles. The zero-order valence-electron chi connectivity index (χ0n) is 10.2. The molecule has 0 saturated carbocycles. The molecule has 0 amide bonds. The van der Waals surface area contributed by atoms with Crippen LogP contribution in [0.25, 0.3) is 0 Å². The highest BCUT2D eigenvalue weighted by atomic mass is 79.9. The van der Waals surface area contributed by atoms with E-state index in [1.165, 1.54) is 12.1 Å². The van der Waals surface area contributed by atoms with Crippen LogP contribution in [0.15, 0.2) is 40.9 Å². The predicted octanol–water partition coefficient (Wildman–Crippen LogP) is 4.30. The van der Waals surface area contributed by atoms with Gasteiger partial charge in [-0.1, -0.05) is 39.7 Å². The van der Waals surface area contributed by atoms with Crippen molar-refractivity contribution in [2.75, 3.05) is 7.11 Å². The van der Waals surface area contributed by atoms with Crippen molar-refractivity contribution >= 4 is 27.5 Å². The lowest BCUT2D eigenvalue weighted by molar-refractivity contribution is 0.414. The number of hydrogen-bond acceptors (Lipinski definition) is 2. The van der Waals surface area contributed by atoms with Crippen LogP contribution < -0.4 is 10.5 Å². The SMILES string of the molecule is COc1ccc(C(N)c2ccc(F)cc2Br)c(Cl)c1. The number of nitrogens with two attached hydrogens (primary N) is 1. The zero-order chi connectivity index (χ0) is 14.0. The topological polar surface area (TPSA) is 35.2 Å². The normalized spacial score (nSPS) is 12.3. The van der Waals surface area contributed by atoms with Crippen molar-refractivity contribution in [1.29, 1.82) is 0 Å². The molecule has 1 atom stereocenters. The van der Waals surface area contributed by atoms with E-state index < -0.39 is 6.04 Å². The van der Waals surface area contributed by atoms with Gasteiger partial charge in [-0.15, -0.1) is 0 Å². The van der Waals surface area contributed by atoms with Crippen molar-refractivity contribution in [3.05, 3.63) is 62.8 Å². The Labute approximate surface area is 124 Å². The third-order valence-corrected chi connectivity index (χ3v) is 3.85. The quantitative estimate of drug-likeness (QED) is 0.901. The molecule has 2 aromatic carbocycles. The second kappa shape index (κ2) is 5.90. The first kappa shape index (κ1) is 14.3. The maximum atomic E-state index is 13.1. The molecule has 0 aliphatic carbocycles. The highest BCUT2D eigenvalue weighted by Crippen LogP contribution is 2.33. The van der Waals surface area contributed by atoms with Gasteiger partial charge in [0.2, 0.25) is 0 Å². The number of methoxy groups -OCH3 is 1. The minimum atomic E-state index is -0.437. The van der Waals surface area contributed by atoms with Crippen LogP contribution >= 0.6 is 27.5 Å². The molecule has 0 fully saturated rings. The Bertz CT molecular complexity index is 606. The van der Waals surface area contributed by atoms with Crippen LogP contribution in [0, 0.1) is 5.82 Å². The van der Waals surface area contributed by atoms with E-state index >= 15 is 0 Å². The standard InChI is InChI=1S/C14H12BrClFNO/c1-19-9-3-5-11(13(16)7-9)14(18)10-4-2-8(17)6-12(10)15/h2-7,14H,18H2,1H3. The molecule has 0 bridgehead atoms. The van der Waals surface area contributed by atoms with E-state index in [0.29, 0.717) is 15.2 Å². The van der Waals surface area contributed by atoms with Gasteiger partial charge in [0.25, 0.3) is 0 Å². The summed E-state index contributed by atoms with van der Waals surface area (Å²) in [6, 6.07) is 9.26. The van der Waals surface area contributed by atoms with E-state index in [1.807, 2.05) is 6.07 Å². The van der Waals surface area contributed by atoms with Crippen molar-refractivity contribution in [2.24, 2.45) is 5.73 Å². The van der Waals surface area contributed by atoms with Gasteiger partial charge in [0.1, 0.15) is 11.6 Å². The van der Waals surface area contributed by atoms with Crippen LogP contribution in [0.1, 0.15) is 17.2 Å². The van der Waals surface area contributed by atoms with Gasteiger partial charge in [-0.2, -0.15) is 0 Å². The van der Waals surface area contributed by atoms with E-state index in [4.69, 9.17) is 22.1 Å². The Hall–Kier alpha value is -1.10. The van der Waals surface area contributed by atoms with Crippen LogP contribution in [0.2, 0.25) is 5.02 Å². The fourth-order valence-electron chi connectivity index (χ4n) is 1.81. The van der Waals surface area contributed by atoms with Crippen LogP contribution in [0.3, 0.4) is 0 Å². The summed E-state index contributed by atoms with van der Waals surface area (Å²) in [6.07, 6.45) is 0. The molecule has 0 heterocycles. The van der Waals surface area contributed by atoms with E-state index in [2.05, 4.69) is 15.9 Å². The summed E-state index contributed by atoms with van der Waals surface area (Å²) in [5, 5.41) is 0.517. The molecular formula is C14H12BrClFNO. The maximum absolute atomic E-state index is 13.1. The molecule has 19 heavy (non-hydrogen) atoms. The fourth-order valence-corrected chi connectivity index (χ4v) is 2.69. The van der Waals surface area contributed by atoms with Crippen LogP contribution in [-0.2, 0) is 0 Å². The zero-order valence-corrected chi connectivity index (χ0v) is 12.5. The molecule has 2 nitrogen and oxygen atoms in total. The Morgan fingerprint density at radius 2 is 1.89 bits per heavy atom. The minimum absolute atomic E-state index is 0.316. The molecular weight excluding hydrogens is 333 g/mol. The Balaban J connectivity index is 2.41. The number of rotatable bonds is 3. The monoisotopic (exact) mass is 343 g/mol. The van der Waals surface area contributed by atoms with Gasteiger partial charge in [0.05, 0.1) is 13.2 Å². The molecule has 2 aromatic rings. The van der Waals surface area contributed by atoms with Crippen molar-refractivity contribution in [1.82, 2.24) is 0 Å². The highest BCUT2D eigenvalue weighted by molar-refractivity contribution is 9.10. The summed E-state index contributed by atoms with van der Waals surface area (Å²) in [4.78, 5) is 0. The average Bonchev–Trinajstić information content (AvgIpc) is 2.37. The summed E-state index contributed by atoms with van der Waals surface area (Å²) >= 11 is 9.50. The maximum Gasteiger partial charge on any atom is 0.124 e. The summed E-state index contributed by atoms with van der Waals surface area (Å²) in [6.45, 7) is 0. The second-order valence-electron chi connectivity index (χ2n) is 4.03. The number of hydrogen-bond donors (Lipinski definition) is 1. The lowest BCUT2D eigenvalue weighted by Crippen LogP contribution is -2.13. The third-order valence-electron chi connectivity index (χ3n) is 2.84. The summed E-state index contributed by atoms with van der Waals surface area (Å²) < 4.78 is 18.8. The molecule has 0 spiro atoms. The van der Waals surface area contributed by atoms with Gasteiger partial charge >= 0.3 is 0 Å². The van der Waals surface area contributed by atoms with Gasteiger partial charge in [0.15, 0.2) is 0 Å². The van der Waals surface area contributed by atoms with Crippen molar-refractivity contribution < 1.29 is 9.13 Å². The number of benzene rings is 2. The first-order valence-electron chi connectivity index (χ1n) is 5.57. The van der Waals surface area contributed by atoms with Crippen LogP contribution in [-0.4, -0.2) is 7.11 Å². The first-order valence-corrected chi connectivity index (χ1v) is 6.74. The largest absolute Gasteiger partial charge is 0.497 e. The highest BCUT2D eigenvalue weighted by Gasteiger charge is 2.16. The summed E-state index contributed by atoms with van der Waals surface area (Å²) in [7, 11) is 1.57. The predicted molar refractivity (Wildman–Crippen MR) is 78.1 cm³/mol. The fraction of sp³-hybridized carbons (Fsp3) is 0.143. The average molecular weight is 345 g/mol. The lowest BCUT2D eigenvalue weighted by atomic mass is 9.99.